The molecule has 24 heavy (non-hydrogen) atoms. The molecule has 8 nitrogen and oxygen atoms in total. The Morgan fingerprint density at radius 1 is 1.29 bits per heavy atom. The van der Waals surface area contributed by atoms with Crippen LogP contribution in [0.5, 0.6) is 0 Å². The number of hydrogen-bond donors (Lipinski definition) is 2. The topological polar surface area (TPSA) is 97.3 Å². The minimum Gasteiger partial charge on any atom is -0.391 e. The lowest BCUT2D eigenvalue weighted by Gasteiger charge is -2.16. The quantitative estimate of drug-likeness (QED) is 0.727. The number of aliphatic hydroxyl groups is 1. The number of rotatable bonds is 4. The van der Waals surface area contributed by atoms with Crippen molar-refractivity contribution in [3.05, 3.63) is 49.1 Å². The summed E-state index contributed by atoms with van der Waals surface area (Å²) in [6.45, 7) is 0.798. The molecule has 4 rings (SSSR count). The molecule has 2 N–H and O–H groups in total. The Morgan fingerprint density at radius 2 is 2.21 bits per heavy atom. The van der Waals surface area contributed by atoms with Crippen molar-refractivity contribution in [2.24, 2.45) is 5.92 Å². The van der Waals surface area contributed by atoms with Crippen LogP contribution in [0.15, 0.2) is 43.5 Å². The summed E-state index contributed by atoms with van der Waals surface area (Å²) in [6, 6.07) is -0.246. The molecule has 3 aromatic heterocycles. The number of carbonyl (C=O) groups excluding carboxylic acids is 1. The van der Waals surface area contributed by atoms with Gasteiger partial charge < -0.3 is 15.0 Å². The number of amides is 1. The van der Waals surface area contributed by atoms with Crippen molar-refractivity contribution in [3.63, 3.8) is 0 Å². The highest BCUT2D eigenvalue weighted by Crippen LogP contribution is 2.27. The molecule has 3 aromatic rings. The summed E-state index contributed by atoms with van der Waals surface area (Å²) in [6.07, 6.45) is 12.9. The van der Waals surface area contributed by atoms with E-state index in [1.54, 1.807) is 35.5 Å². The molecule has 0 radical (unpaired) electrons. The molecule has 0 bridgehead atoms. The zero-order valence-electron chi connectivity index (χ0n) is 13.0. The number of nitrogens with zero attached hydrogens (tertiary/aromatic N) is 5. The molecule has 1 amide bonds. The van der Waals surface area contributed by atoms with Crippen LogP contribution in [0.2, 0.25) is 0 Å². The molecule has 0 aliphatic heterocycles. The first kappa shape index (κ1) is 14.8. The van der Waals surface area contributed by atoms with E-state index >= 15 is 0 Å². The first-order chi connectivity index (χ1) is 11.7. The Morgan fingerprint density at radius 3 is 3.04 bits per heavy atom. The number of imidazole rings is 2. The normalized spacial score (nSPS) is 23.6. The van der Waals surface area contributed by atoms with Gasteiger partial charge in [0.2, 0.25) is 5.78 Å². The Bertz CT molecular complexity index is 843. The third-order valence-electron chi connectivity index (χ3n) is 4.48. The zero-order chi connectivity index (χ0) is 16.5. The second-order valence-electron chi connectivity index (χ2n) is 6.22. The van der Waals surface area contributed by atoms with Crippen LogP contribution < -0.4 is 5.32 Å². The maximum absolute atomic E-state index is 12.4. The molecule has 1 aliphatic carbocycles. The van der Waals surface area contributed by atoms with Crippen molar-refractivity contribution >= 4 is 11.7 Å². The third-order valence-corrected chi connectivity index (χ3v) is 4.48. The standard InChI is InChI=1S/C16H18N6O2/c23-14-6-11(8-21-3-1-17-10-21)5-13(14)20-15(24)12-7-19-16-18-2-4-22(16)9-12/h1-4,7,9-11,13-14,23H,5-6,8H2,(H,20,24)/t11?,13-,14-/m1/s1. The van der Waals surface area contributed by atoms with Crippen LogP contribution >= 0.6 is 0 Å². The van der Waals surface area contributed by atoms with E-state index in [1.807, 2.05) is 10.8 Å². The van der Waals surface area contributed by atoms with Gasteiger partial charge in [0.1, 0.15) is 0 Å². The largest absolute Gasteiger partial charge is 0.391 e. The third kappa shape index (κ3) is 2.88. The molecular formula is C16H18N6O2. The van der Waals surface area contributed by atoms with Crippen LogP contribution in [-0.2, 0) is 6.54 Å². The van der Waals surface area contributed by atoms with Gasteiger partial charge in [-0.25, -0.2) is 15.0 Å². The average molecular weight is 326 g/mol. The van der Waals surface area contributed by atoms with E-state index in [0.717, 1.165) is 13.0 Å². The summed E-state index contributed by atoms with van der Waals surface area (Å²) in [5.74, 6) is 0.632. The molecule has 1 aliphatic rings. The van der Waals surface area contributed by atoms with Gasteiger partial charge in [0, 0.05) is 43.7 Å². The van der Waals surface area contributed by atoms with Gasteiger partial charge in [0.15, 0.2) is 0 Å². The fourth-order valence-electron chi connectivity index (χ4n) is 3.30. The van der Waals surface area contributed by atoms with E-state index in [4.69, 9.17) is 0 Å². The lowest BCUT2D eigenvalue weighted by molar-refractivity contribution is 0.0872. The maximum atomic E-state index is 12.4. The number of carbonyl (C=O) groups is 1. The molecule has 3 atom stereocenters. The lowest BCUT2D eigenvalue weighted by Crippen LogP contribution is -2.40. The summed E-state index contributed by atoms with van der Waals surface area (Å²) in [5, 5.41) is 13.2. The summed E-state index contributed by atoms with van der Waals surface area (Å²) < 4.78 is 3.69. The summed E-state index contributed by atoms with van der Waals surface area (Å²) in [5.41, 5.74) is 0.450. The highest BCUT2D eigenvalue weighted by molar-refractivity contribution is 5.94. The van der Waals surface area contributed by atoms with Crippen molar-refractivity contribution in [2.75, 3.05) is 0 Å². The second kappa shape index (κ2) is 6.04. The van der Waals surface area contributed by atoms with Crippen LogP contribution in [0, 0.1) is 5.92 Å². The van der Waals surface area contributed by atoms with Crippen LogP contribution in [0.4, 0.5) is 0 Å². The molecule has 1 saturated carbocycles. The predicted octanol–water partition coefficient (Wildman–Crippen LogP) is 0.495. The first-order valence-electron chi connectivity index (χ1n) is 7.92. The van der Waals surface area contributed by atoms with Crippen molar-refractivity contribution in [1.29, 1.82) is 0 Å². The number of nitrogens with one attached hydrogen (secondary N) is 1. The molecule has 0 saturated heterocycles. The van der Waals surface area contributed by atoms with Crippen LogP contribution in [0.3, 0.4) is 0 Å². The summed E-state index contributed by atoms with van der Waals surface area (Å²) in [7, 11) is 0. The van der Waals surface area contributed by atoms with Crippen molar-refractivity contribution in [2.45, 2.75) is 31.5 Å². The first-order valence-corrected chi connectivity index (χ1v) is 7.92. The number of aliphatic hydroxyl groups excluding tert-OH is 1. The minimum atomic E-state index is -0.535. The maximum Gasteiger partial charge on any atom is 0.254 e. The molecule has 8 heteroatoms. The van der Waals surface area contributed by atoms with Crippen molar-refractivity contribution in [1.82, 2.24) is 29.2 Å². The van der Waals surface area contributed by atoms with Crippen molar-refractivity contribution in [3.8, 4) is 0 Å². The fraction of sp³-hybridized carbons (Fsp3) is 0.375. The Balaban J connectivity index is 1.41. The molecule has 1 unspecified atom stereocenters. The number of fused-ring (bicyclic) bond motifs is 1. The van der Waals surface area contributed by atoms with Gasteiger partial charge >= 0.3 is 0 Å². The molecule has 1 fully saturated rings. The van der Waals surface area contributed by atoms with Gasteiger partial charge in [-0.05, 0) is 18.8 Å². The van der Waals surface area contributed by atoms with E-state index in [-0.39, 0.29) is 11.9 Å². The lowest BCUT2D eigenvalue weighted by atomic mass is 10.1. The van der Waals surface area contributed by atoms with Gasteiger partial charge in [-0.3, -0.25) is 9.20 Å². The Hall–Kier alpha value is -2.74. The van der Waals surface area contributed by atoms with Gasteiger partial charge in [0.25, 0.3) is 5.91 Å². The monoisotopic (exact) mass is 326 g/mol. The van der Waals surface area contributed by atoms with E-state index in [1.165, 1.54) is 6.20 Å². The van der Waals surface area contributed by atoms with E-state index in [0.29, 0.717) is 23.7 Å². The smallest absolute Gasteiger partial charge is 0.254 e. The summed E-state index contributed by atoms with van der Waals surface area (Å²) in [4.78, 5) is 24.6. The number of aromatic nitrogens is 5. The van der Waals surface area contributed by atoms with Gasteiger partial charge in [0.05, 0.1) is 24.0 Å². The highest BCUT2D eigenvalue weighted by Gasteiger charge is 2.34. The zero-order valence-corrected chi connectivity index (χ0v) is 13.0. The van der Waals surface area contributed by atoms with Gasteiger partial charge in [-0.15, -0.1) is 0 Å². The van der Waals surface area contributed by atoms with Gasteiger partial charge in [-0.1, -0.05) is 0 Å². The Kier molecular flexibility index (Phi) is 3.73. The van der Waals surface area contributed by atoms with Crippen molar-refractivity contribution < 1.29 is 9.90 Å². The van der Waals surface area contributed by atoms with Crippen LogP contribution in [-0.4, -0.2) is 47.1 Å². The summed E-state index contributed by atoms with van der Waals surface area (Å²) >= 11 is 0. The fourth-order valence-corrected chi connectivity index (χ4v) is 3.30. The molecular weight excluding hydrogens is 308 g/mol. The SMILES string of the molecule is O=C(N[C@@H]1CC(Cn2ccnc2)C[C@H]1O)c1cnc2nccn2c1. The highest BCUT2D eigenvalue weighted by atomic mass is 16.3. The number of hydrogen-bond acceptors (Lipinski definition) is 5. The van der Waals surface area contributed by atoms with E-state index < -0.39 is 6.10 Å². The second-order valence-corrected chi connectivity index (χ2v) is 6.22. The van der Waals surface area contributed by atoms with Gasteiger partial charge in [-0.2, -0.15) is 0 Å². The molecule has 0 spiro atoms. The average Bonchev–Trinajstić information content (AvgIpc) is 3.29. The van der Waals surface area contributed by atoms with Crippen LogP contribution in [0.1, 0.15) is 23.2 Å². The van der Waals surface area contributed by atoms with E-state index in [9.17, 15) is 9.90 Å². The molecule has 3 heterocycles. The molecule has 124 valence electrons. The minimum absolute atomic E-state index is 0.231. The predicted molar refractivity (Wildman–Crippen MR) is 85.2 cm³/mol. The molecule has 0 aromatic carbocycles. The Labute approximate surface area is 138 Å². The van der Waals surface area contributed by atoms with E-state index in [2.05, 4.69) is 20.3 Å². The van der Waals surface area contributed by atoms with Crippen LogP contribution in [0.25, 0.3) is 5.78 Å².